The van der Waals surface area contributed by atoms with Gasteiger partial charge >= 0.3 is 0 Å². The number of rotatable bonds is 4. The Morgan fingerprint density at radius 3 is 2.55 bits per heavy atom. The summed E-state index contributed by atoms with van der Waals surface area (Å²) in [4.78, 5) is 31.1. The molecule has 1 unspecified atom stereocenters. The SMILES string of the molecule is NC(c1ccc(Br)nc1)(c1ccc2[nH]c(=O)cc(-c3cccnc3)c2c1)c1cnc[nH]1. The molecule has 31 heavy (non-hydrogen) atoms. The predicted molar refractivity (Wildman–Crippen MR) is 122 cm³/mol. The maximum absolute atomic E-state index is 12.3. The summed E-state index contributed by atoms with van der Waals surface area (Å²) in [5.74, 6) is 0. The number of aromatic nitrogens is 5. The molecule has 5 aromatic rings. The first kappa shape index (κ1) is 19.3. The Morgan fingerprint density at radius 2 is 1.84 bits per heavy atom. The molecule has 8 heteroatoms. The van der Waals surface area contributed by atoms with Gasteiger partial charge in [-0.05, 0) is 51.3 Å². The third kappa shape index (κ3) is 3.35. The number of nitrogens with two attached hydrogens (primary N) is 1. The van der Waals surface area contributed by atoms with Crippen LogP contribution in [0, 0.1) is 0 Å². The van der Waals surface area contributed by atoms with Crippen molar-refractivity contribution in [3.05, 3.63) is 111 Å². The molecule has 1 atom stereocenters. The fraction of sp³-hybridized carbons (Fsp3) is 0.0435. The van der Waals surface area contributed by atoms with Gasteiger partial charge in [-0.15, -0.1) is 0 Å². The van der Waals surface area contributed by atoms with E-state index in [1.54, 1.807) is 37.2 Å². The molecule has 0 amide bonds. The second-order valence-electron chi connectivity index (χ2n) is 7.19. The van der Waals surface area contributed by atoms with Crippen LogP contribution in [-0.4, -0.2) is 24.9 Å². The highest BCUT2D eigenvalue weighted by atomic mass is 79.9. The van der Waals surface area contributed by atoms with E-state index in [-0.39, 0.29) is 5.56 Å². The highest BCUT2D eigenvalue weighted by molar-refractivity contribution is 9.10. The average Bonchev–Trinajstić information content (AvgIpc) is 3.34. The minimum Gasteiger partial charge on any atom is -0.346 e. The van der Waals surface area contributed by atoms with E-state index >= 15 is 0 Å². The van der Waals surface area contributed by atoms with Gasteiger partial charge in [0.1, 0.15) is 10.1 Å². The van der Waals surface area contributed by atoms with Crippen molar-refractivity contribution in [2.45, 2.75) is 5.54 Å². The van der Waals surface area contributed by atoms with E-state index in [4.69, 9.17) is 5.73 Å². The van der Waals surface area contributed by atoms with Crippen molar-refractivity contribution in [3.63, 3.8) is 0 Å². The molecule has 0 saturated heterocycles. The van der Waals surface area contributed by atoms with Crippen molar-refractivity contribution in [3.8, 4) is 11.1 Å². The monoisotopic (exact) mass is 472 g/mol. The van der Waals surface area contributed by atoms with Gasteiger partial charge in [0.05, 0.1) is 18.2 Å². The van der Waals surface area contributed by atoms with E-state index in [0.717, 1.165) is 43.5 Å². The summed E-state index contributed by atoms with van der Waals surface area (Å²) in [6.07, 6.45) is 8.49. The number of aromatic amines is 2. The second kappa shape index (κ2) is 7.57. The largest absolute Gasteiger partial charge is 0.346 e. The Morgan fingerprint density at radius 1 is 0.968 bits per heavy atom. The van der Waals surface area contributed by atoms with Gasteiger partial charge in [-0.1, -0.05) is 18.2 Å². The second-order valence-corrected chi connectivity index (χ2v) is 8.00. The topological polar surface area (TPSA) is 113 Å². The number of halogens is 1. The Kier molecular flexibility index (Phi) is 4.72. The number of nitrogens with one attached hydrogen (secondary N) is 2. The zero-order chi connectivity index (χ0) is 21.4. The number of nitrogens with zero attached hydrogens (tertiary/aromatic N) is 3. The van der Waals surface area contributed by atoms with Crippen molar-refractivity contribution in [1.82, 2.24) is 24.9 Å². The van der Waals surface area contributed by atoms with Crippen LogP contribution < -0.4 is 11.3 Å². The van der Waals surface area contributed by atoms with Crippen molar-refractivity contribution in [2.24, 2.45) is 5.73 Å². The molecule has 0 radical (unpaired) electrons. The van der Waals surface area contributed by atoms with Gasteiger partial charge in [-0.25, -0.2) is 9.97 Å². The lowest BCUT2D eigenvalue weighted by Gasteiger charge is -2.29. The lowest BCUT2D eigenvalue weighted by Crippen LogP contribution is -2.39. The van der Waals surface area contributed by atoms with Crippen LogP contribution in [0.15, 0.2) is 89.0 Å². The number of pyridine rings is 3. The summed E-state index contributed by atoms with van der Waals surface area (Å²) in [5.41, 5.74) is 10.6. The number of hydrogen-bond acceptors (Lipinski definition) is 5. The van der Waals surface area contributed by atoms with Crippen molar-refractivity contribution < 1.29 is 0 Å². The first-order chi connectivity index (χ1) is 15.1. The molecule has 152 valence electrons. The maximum Gasteiger partial charge on any atom is 0.249 e. The summed E-state index contributed by atoms with van der Waals surface area (Å²) in [5, 5.41) is 0.865. The molecular formula is C23H17BrN6O. The summed E-state index contributed by atoms with van der Waals surface area (Å²) < 4.78 is 0.721. The summed E-state index contributed by atoms with van der Waals surface area (Å²) in [6.45, 7) is 0. The Labute approximate surface area is 185 Å². The Bertz CT molecular complexity index is 1410. The van der Waals surface area contributed by atoms with Gasteiger partial charge in [0.25, 0.3) is 0 Å². The number of H-pyrrole nitrogens is 2. The fourth-order valence-corrected chi connectivity index (χ4v) is 4.05. The molecule has 4 N–H and O–H groups in total. The molecule has 0 bridgehead atoms. The number of fused-ring (bicyclic) bond motifs is 1. The minimum atomic E-state index is -1.03. The number of imidazole rings is 1. The number of hydrogen-bond donors (Lipinski definition) is 3. The first-order valence-electron chi connectivity index (χ1n) is 9.53. The van der Waals surface area contributed by atoms with Crippen LogP contribution in [0.1, 0.15) is 16.8 Å². The fourth-order valence-electron chi connectivity index (χ4n) is 3.82. The molecule has 0 aliphatic carbocycles. The standard InChI is InChI=1S/C23H17BrN6O/c24-21-6-4-16(11-28-21)23(25,20-12-27-13-29-20)15-3-5-19-18(8-15)17(9-22(31)30-19)14-2-1-7-26-10-14/h1-13H,25H2,(H,27,29)(H,30,31). The van der Waals surface area contributed by atoms with Gasteiger partial charge in [0.15, 0.2) is 0 Å². The smallest absolute Gasteiger partial charge is 0.249 e. The highest BCUT2D eigenvalue weighted by Crippen LogP contribution is 2.36. The molecule has 0 aliphatic rings. The van der Waals surface area contributed by atoms with Crippen molar-refractivity contribution in [2.75, 3.05) is 0 Å². The molecular weight excluding hydrogens is 456 g/mol. The highest BCUT2D eigenvalue weighted by Gasteiger charge is 2.34. The van der Waals surface area contributed by atoms with Crippen LogP contribution in [0.25, 0.3) is 22.0 Å². The van der Waals surface area contributed by atoms with Crippen LogP contribution in [0.4, 0.5) is 0 Å². The van der Waals surface area contributed by atoms with Crippen LogP contribution in [0.2, 0.25) is 0 Å². The zero-order valence-corrected chi connectivity index (χ0v) is 17.8. The van der Waals surface area contributed by atoms with E-state index in [0.29, 0.717) is 0 Å². The average molecular weight is 473 g/mol. The molecule has 1 aromatic carbocycles. The van der Waals surface area contributed by atoms with Gasteiger partial charge in [0, 0.05) is 46.7 Å². The third-order valence-corrected chi connectivity index (χ3v) is 5.85. The number of benzene rings is 1. The molecule has 0 spiro atoms. The van der Waals surface area contributed by atoms with E-state index in [9.17, 15) is 4.79 Å². The summed E-state index contributed by atoms with van der Waals surface area (Å²) in [6, 6.07) is 14.9. The van der Waals surface area contributed by atoms with E-state index in [2.05, 4.69) is 40.8 Å². The molecule has 0 saturated carbocycles. The Balaban J connectivity index is 1.79. The van der Waals surface area contributed by atoms with E-state index in [1.165, 1.54) is 0 Å². The van der Waals surface area contributed by atoms with Gasteiger partial charge in [-0.2, -0.15) is 0 Å². The molecule has 7 nitrogen and oxygen atoms in total. The van der Waals surface area contributed by atoms with Crippen LogP contribution in [-0.2, 0) is 5.54 Å². The third-order valence-electron chi connectivity index (χ3n) is 5.38. The summed E-state index contributed by atoms with van der Waals surface area (Å²) in [7, 11) is 0. The predicted octanol–water partition coefficient (Wildman–Crippen LogP) is 3.72. The molecule has 5 rings (SSSR count). The zero-order valence-electron chi connectivity index (χ0n) is 16.2. The normalized spacial score (nSPS) is 13.2. The van der Waals surface area contributed by atoms with E-state index < -0.39 is 5.54 Å². The Hall–Kier alpha value is -3.62. The van der Waals surface area contributed by atoms with Crippen molar-refractivity contribution >= 4 is 26.8 Å². The molecule has 0 aliphatic heterocycles. The molecule has 4 heterocycles. The van der Waals surface area contributed by atoms with Crippen LogP contribution >= 0.6 is 15.9 Å². The van der Waals surface area contributed by atoms with Gasteiger partial charge in [-0.3, -0.25) is 9.78 Å². The summed E-state index contributed by atoms with van der Waals surface area (Å²) >= 11 is 3.38. The molecule has 4 aromatic heterocycles. The van der Waals surface area contributed by atoms with Crippen LogP contribution in [0.3, 0.4) is 0 Å². The molecule has 0 fully saturated rings. The maximum atomic E-state index is 12.3. The van der Waals surface area contributed by atoms with Gasteiger partial charge < -0.3 is 15.7 Å². The van der Waals surface area contributed by atoms with Crippen molar-refractivity contribution in [1.29, 1.82) is 0 Å². The lowest BCUT2D eigenvalue weighted by atomic mass is 9.81. The minimum absolute atomic E-state index is 0.177. The first-order valence-corrected chi connectivity index (χ1v) is 10.3. The van der Waals surface area contributed by atoms with Gasteiger partial charge in [0.2, 0.25) is 5.56 Å². The van der Waals surface area contributed by atoms with E-state index in [1.807, 2.05) is 42.5 Å². The van der Waals surface area contributed by atoms with Crippen LogP contribution in [0.5, 0.6) is 0 Å². The lowest BCUT2D eigenvalue weighted by molar-refractivity contribution is 0.630. The quantitative estimate of drug-likeness (QED) is 0.345.